The Hall–Kier alpha value is -0.860. The molecule has 0 bridgehead atoms. The van der Waals surface area contributed by atoms with Gasteiger partial charge in [-0.1, -0.05) is 37.1 Å². The van der Waals surface area contributed by atoms with Crippen molar-refractivity contribution in [2.24, 2.45) is 10.4 Å². The summed E-state index contributed by atoms with van der Waals surface area (Å²) >= 11 is 0. The molecule has 0 unspecified atom stereocenters. The molecule has 0 aliphatic heterocycles. The number of rotatable bonds is 12. The molecule has 0 aromatic heterocycles. The molecule has 166 valence electrons. The Morgan fingerprint density at radius 3 is 2.34 bits per heavy atom. The third kappa shape index (κ3) is 9.22. The van der Waals surface area contributed by atoms with E-state index in [1.807, 2.05) is 6.92 Å². The van der Waals surface area contributed by atoms with Gasteiger partial charge in [0.2, 0.25) is 0 Å². The fourth-order valence-electron chi connectivity index (χ4n) is 3.91. The van der Waals surface area contributed by atoms with Crippen molar-refractivity contribution in [3.05, 3.63) is 35.4 Å². The number of halogens is 1. The van der Waals surface area contributed by atoms with E-state index in [0.717, 1.165) is 45.3 Å². The maximum Gasteiger partial charge on any atom is 0.191 e. The normalized spacial score (nSPS) is 15.8. The lowest BCUT2D eigenvalue weighted by Crippen LogP contribution is -2.43. The molecule has 0 heterocycles. The molecule has 1 aliphatic rings. The summed E-state index contributed by atoms with van der Waals surface area (Å²) in [4.78, 5) is 4.85. The quantitative estimate of drug-likeness (QED) is 0.180. The van der Waals surface area contributed by atoms with Crippen molar-refractivity contribution in [2.45, 2.75) is 66.0 Å². The van der Waals surface area contributed by atoms with Gasteiger partial charge in [0.05, 0.1) is 13.2 Å². The van der Waals surface area contributed by atoms with Crippen molar-refractivity contribution in [1.29, 1.82) is 0 Å². The van der Waals surface area contributed by atoms with Crippen molar-refractivity contribution < 1.29 is 9.47 Å². The van der Waals surface area contributed by atoms with Gasteiger partial charge in [0.15, 0.2) is 5.96 Å². The molecule has 2 N–H and O–H groups in total. The number of nitrogens with one attached hydrogen (secondary N) is 2. The van der Waals surface area contributed by atoms with Crippen LogP contribution in [0.3, 0.4) is 0 Å². The third-order valence-corrected chi connectivity index (χ3v) is 5.61. The molecule has 29 heavy (non-hydrogen) atoms. The highest BCUT2D eigenvalue weighted by atomic mass is 127. The highest BCUT2D eigenvalue weighted by Gasteiger charge is 2.33. The summed E-state index contributed by atoms with van der Waals surface area (Å²) in [7, 11) is 0. The van der Waals surface area contributed by atoms with Crippen LogP contribution in [-0.2, 0) is 22.6 Å². The number of aliphatic imine (C=N–C) groups is 1. The van der Waals surface area contributed by atoms with Crippen LogP contribution < -0.4 is 10.6 Å². The summed E-state index contributed by atoms with van der Waals surface area (Å²) in [5.41, 5.74) is 2.78. The van der Waals surface area contributed by atoms with Gasteiger partial charge >= 0.3 is 0 Å². The van der Waals surface area contributed by atoms with E-state index < -0.39 is 0 Å². The third-order valence-electron chi connectivity index (χ3n) is 5.61. The molecule has 1 fully saturated rings. The van der Waals surface area contributed by atoms with E-state index >= 15 is 0 Å². The predicted molar refractivity (Wildman–Crippen MR) is 132 cm³/mol. The standard InChI is InChI=1S/C23H39N3O2.HI/c1-4-24-22(25-17-20-11-7-8-12-21(20)18-28-6-3)26-19-23(13-9-10-14-23)15-16-27-5-2;/h7-8,11-12H,4-6,9-10,13-19H2,1-3H3,(H2,24,25,26);1H. The molecule has 5 nitrogen and oxygen atoms in total. The number of hydrogen-bond acceptors (Lipinski definition) is 3. The second-order valence-electron chi connectivity index (χ2n) is 7.61. The maximum absolute atomic E-state index is 5.64. The SMILES string of the molecule is CCNC(=NCc1ccccc1COCC)NCC1(CCOCC)CCCC1.I. The number of hydrogen-bond donors (Lipinski definition) is 2. The van der Waals surface area contributed by atoms with E-state index in [0.29, 0.717) is 18.6 Å². The van der Waals surface area contributed by atoms with E-state index in [4.69, 9.17) is 14.5 Å². The van der Waals surface area contributed by atoms with Crippen molar-refractivity contribution in [3.63, 3.8) is 0 Å². The Morgan fingerprint density at radius 2 is 1.69 bits per heavy atom. The second kappa shape index (κ2) is 15.0. The average molecular weight is 517 g/mol. The lowest BCUT2D eigenvalue weighted by molar-refractivity contribution is 0.105. The van der Waals surface area contributed by atoms with E-state index in [-0.39, 0.29) is 24.0 Å². The van der Waals surface area contributed by atoms with Gasteiger partial charge in [-0.25, -0.2) is 4.99 Å². The molecule has 6 heteroatoms. The van der Waals surface area contributed by atoms with E-state index in [1.165, 1.54) is 36.8 Å². The summed E-state index contributed by atoms with van der Waals surface area (Å²) in [6.45, 7) is 11.7. The van der Waals surface area contributed by atoms with Crippen LogP contribution in [0.2, 0.25) is 0 Å². The van der Waals surface area contributed by atoms with Gasteiger partial charge in [-0.05, 0) is 56.6 Å². The number of nitrogens with zero attached hydrogens (tertiary/aromatic N) is 1. The van der Waals surface area contributed by atoms with Crippen LogP contribution in [0.5, 0.6) is 0 Å². The van der Waals surface area contributed by atoms with Crippen molar-refractivity contribution in [1.82, 2.24) is 10.6 Å². The first-order valence-corrected chi connectivity index (χ1v) is 11.0. The summed E-state index contributed by atoms with van der Waals surface area (Å²) < 4.78 is 11.2. The molecule has 1 aromatic carbocycles. The number of guanidine groups is 1. The summed E-state index contributed by atoms with van der Waals surface area (Å²) in [5.74, 6) is 0.899. The molecular weight excluding hydrogens is 477 g/mol. The minimum Gasteiger partial charge on any atom is -0.382 e. The van der Waals surface area contributed by atoms with Gasteiger partial charge in [-0.2, -0.15) is 0 Å². The Balaban J connectivity index is 0.00000420. The highest BCUT2D eigenvalue weighted by Crippen LogP contribution is 2.40. The molecule has 0 radical (unpaired) electrons. The van der Waals surface area contributed by atoms with Gasteiger partial charge in [0.1, 0.15) is 0 Å². The second-order valence-corrected chi connectivity index (χ2v) is 7.61. The van der Waals surface area contributed by atoms with Gasteiger partial charge in [0.25, 0.3) is 0 Å². The average Bonchev–Trinajstić information content (AvgIpc) is 3.18. The molecule has 0 spiro atoms. The van der Waals surface area contributed by atoms with Gasteiger partial charge in [0, 0.05) is 32.9 Å². The lowest BCUT2D eigenvalue weighted by atomic mass is 9.83. The van der Waals surface area contributed by atoms with Crippen LogP contribution in [0, 0.1) is 5.41 Å². The lowest BCUT2D eigenvalue weighted by Gasteiger charge is -2.30. The largest absolute Gasteiger partial charge is 0.382 e. The van der Waals surface area contributed by atoms with Crippen LogP contribution >= 0.6 is 24.0 Å². The first-order chi connectivity index (χ1) is 13.7. The molecule has 1 aliphatic carbocycles. The predicted octanol–water partition coefficient (Wildman–Crippen LogP) is 4.88. The zero-order valence-corrected chi connectivity index (χ0v) is 20.8. The zero-order chi connectivity index (χ0) is 20.1. The van der Waals surface area contributed by atoms with Crippen LogP contribution in [0.25, 0.3) is 0 Å². The molecule has 0 atom stereocenters. The van der Waals surface area contributed by atoms with Crippen LogP contribution in [0.4, 0.5) is 0 Å². The summed E-state index contributed by atoms with van der Waals surface area (Å²) in [6.07, 6.45) is 6.34. The Bertz CT molecular complexity index is 589. The Kier molecular flexibility index (Phi) is 13.6. The maximum atomic E-state index is 5.64. The number of ether oxygens (including phenoxy) is 2. The Labute approximate surface area is 194 Å². The highest BCUT2D eigenvalue weighted by molar-refractivity contribution is 14.0. The van der Waals surface area contributed by atoms with Gasteiger partial charge in [-0.3, -0.25) is 0 Å². The molecule has 1 aromatic rings. The molecule has 1 saturated carbocycles. The van der Waals surface area contributed by atoms with Crippen LogP contribution in [0.15, 0.2) is 29.3 Å². The van der Waals surface area contributed by atoms with Crippen LogP contribution in [0.1, 0.15) is 64.0 Å². The fourth-order valence-corrected chi connectivity index (χ4v) is 3.91. The molecule has 0 saturated heterocycles. The molecular formula is C23H40IN3O2. The smallest absolute Gasteiger partial charge is 0.191 e. The minimum atomic E-state index is 0. The van der Waals surface area contributed by atoms with Gasteiger partial charge in [-0.15, -0.1) is 24.0 Å². The van der Waals surface area contributed by atoms with Crippen molar-refractivity contribution in [2.75, 3.05) is 32.9 Å². The van der Waals surface area contributed by atoms with E-state index in [1.54, 1.807) is 0 Å². The monoisotopic (exact) mass is 517 g/mol. The summed E-state index contributed by atoms with van der Waals surface area (Å²) in [5, 5.41) is 7.02. The molecule has 2 rings (SSSR count). The zero-order valence-electron chi connectivity index (χ0n) is 18.5. The van der Waals surface area contributed by atoms with Crippen LogP contribution in [-0.4, -0.2) is 38.9 Å². The fraction of sp³-hybridized carbons (Fsp3) is 0.696. The summed E-state index contributed by atoms with van der Waals surface area (Å²) in [6, 6.07) is 8.40. The first kappa shape index (κ1) is 26.2. The minimum absolute atomic E-state index is 0. The topological polar surface area (TPSA) is 54.9 Å². The van der Waals surface area contributed by atoms with Crippen molar-refractivity contribution in [3.8, 4) is 0 Å². The first-order valence-electron chi connectivity index (χ1n) is 11.0. The molecule has 0 amide bonds. The Morgan fingerprint density at radius 1 is 1.00 bits per heavy atom. The van der Waals surface area contributed by atoms with Crippen molar-refractivity contribution >= 4 is 29.9 Å². The van der Waals surface area contributed by atoms with Gasteiger partial charge < -0.3 is 20.1 Å². The van der Waals surface area contributed by atoms with E-state index in [9.17, 15) is 0 Å². The number of benzene rings is 1. The van der Waals surface area contributed by atoms with E-state index in [2.05, 4.69) is 48.7 Å².